The molecular formula is C48H71ClN2O6. The van der Waals surface area contributed by atoms with Gasteiger partial charge in [0.15, 0.2) is 11.6 Å². The van der Waals surface area contributed by atoms with Gasteiger partial charge in [-0.1, -0.05) is 72.2 Å². The number of hydrogen-bond donors (Lipinski definition) is 1. The molecule has 0 unspecified atom stereocenters. The molecule has 0 aliphatic heterocycles. The number of likely N-dealkylation sites (N-methyl/N-ethyl adjacent to an activating group) is 1. The van der Waals surface area contributed by atoms with Crippen molar-refractivity contribution in [2.45, 2.75) is 139 Å². The molecule has 5 aliphatic carbocycles. The number of benzene rings is 1. The molecule has 1 aromatic carbocycles. The molecule has 0 spiro atoms. The molecule has 0 saturated heterocycles. The van der Waals surface area contributed by atoms with Crippen molar-refractivity contribution in [1.29, 1.82) is 0 Å². The minimum Gasteiger partial charge on any atom is -0.481 e. The second-order valence-electron chi connectivity index (χ2n) is 21.5. The lowest BCUT2D eigenvalue weighted by atomic mass is 9.33. The highest BCUT2D eigenvalue weighted by atomic mass is 35.5. The fourth-order valence-electron chi connectivity index (χ4n) is 13.5. The first-order chi connectivity index (χ1) is 26.4. The minimum absolute atomic E-state index is 0.00847. The molecule has 9 heteroatoms. The molecule has 316 valence electrons. The number of hydrogen-bond acceptors (Lipinski definition) is 7. The second kappa shape index (κ2) is 15.5. The Morgan fingerprint density at radius 1 is 0.895 bits per heavy atom. The number of rotatable bonds is 13. The van der Waals surface area contributed by atoms with Crippen LogP contribution in [0.3, 0.4) is 0 Å². The van der Waals surface area contributed by atoms with Gasteiger partial charge >= 0.3 is 11.9 Å². The van der Waals surface area contributed by atoms with Crippen molar-refractivity contribution in [3.05, 3.63) is 46.0 Å². The first-order valence-corrected chi connectivity index (χ1v) is 22.2. The SMILES string of the molecule is CC(C)C1=C2[C@H]3CC[C@@H]4[C@@]5(C)CC[C@H](OC(=O)CC(C)(C)C(=O)O)C(C)(C)[C@@H]5CC[C@@]4(C)[C@]3(C)CC[C@@]2(C(=O)CN(CCN(C)C)Cc2ccc(Cl)cc2)CC1=O. The first kappa shape index (κ1) is 44.0. The van der Waals surface area contributed by atoms with Crippen molar-refractivity contribution in [3.63, 3.8) is 0 Å². The maximum absolute atomic E-state index is 15.2. The number of carbonyl (C=O) groups excluding carboxylic acids is 3. The Balaban J connectivity index is 1.29. The summed E-state index contributed by atoms with van der Waals surface area (Å²) in [6.45, 7) is 22.1. The number of ether oxygens (including phenoxy) is 1. The fraction of sp³-hybridized carbons (Fsp3) is 0.750. The Morgan fingerprint density at radius 2 is 1.56 bits per heavy atom. The summed E-state index contributed by atoms with van der Waals surface area (Å²) in [6, 6.07) is 7.90. The predicted octanol–water partition coefficient (Wildman–Crippen LogP) is 9.67. The van der Waals surface area contributed by atoms with E-state index in [0.29, 0.717) is 36.4 Å². The molecule has 5 aliphatic rings. The fourth-order valence-corrected chi connectivity index (χ4v) is 13.7. The molecule has 1 N–H and O–H groups in total. The van der Waals surface area contributed by atoms with E-state index < -0.39 is 22.8 Å². The van der Waals surface area contributed by atoms with Gasteiger partial charge in [0.25, 0.3) is 0 Å². The summed E-state index contributed by atoms with van der Waals surface area (Å²) in [6.07, 6.45) is 7.38. The minimum atomic E-state index is -1.18. The molecule has 8 nitrogen and oxygen atoms in total. The third-order valence-corrected chi connectivity index (χ3v) is 17.1. The summed E-state index contributed by atoms with van der Waals surface area (Å²) in [4.78, 5) is 58.8. The van der Waals surface area contributed by atoms with Crippen molar-refractivity contribution in [2.75, 3.05) is 33.7 Å². The van der Waals surface area contributed by atoms with Crippen LogP contribution in [0.25, 0.3) is 0 Å². The Kier molecular flexibility index (Phi) is 12.0. The van der Waals surface area contributed by atoms with E-state index in [1.54, 1.807) is 13.8 Å². The van der Waals surface area contributed by atoms with Crippen LogP contribution in [0.1, 0.15) is 132 Å². The maximum Gasteiger partial charge on any atom is 0.309 e. The van der Waals surface area contributed by atoms with Crippen molar-refractivity contribution >= 4 is 35.1 Å². The quantitative estimate of drug-likeness (QED) is 0.197. The average molecular weight is 808 g/mol. The molecular weight excluding hydrogens is 736 g/mol. The third kappa shape index (κ3) is 7.49. The van der Waals surface area contributed by atoms with Gasteiger partial charge in [-0.05, 0) is 148 Å². The number of fused-ring (bicyclic) bond motifs is 7. The highest BCUT2D eigenvalue weighted by molar-refractivity contribution is 6.30. The van der Waals surface area contributed by atoms with Crippen molar-refractivity contribution in [3.8, 4) is 0 Å². The normalized spacial score (nSPS) is 34.8. The number of esters is 1. The Bertz CT molecular complexity index is 1780. The molecule has 0 heterocycles. The largest absolute Gasteiger partial charge is 0.481 e. The van der Waals surface area contributed by atoms with Crippen LogP contribution in [0.15, 0.2) is 35.4 Å². The van der Waals surface area contributed by atoms with E-state index in [9.17, 15) is 19.5 Å². The number of halogens is 1. The van der Waals surface area contributed by atoms with E-state index >= 15 is 4.79 Å². The van der Waals surface area contributed by atoms with Crippen LogP contribution >= 0.6 is 11.6 Å². The average Bonchev–Trinajstić information content (AvgIpc) is 3.42. The molecule has 0 aromatic heterocycles. The van der Waals surface area contributed by atoms with Crippen LogP contribution in [-0.4, -0.2) is 78.2 Å². The highest BCUT2D eigenvalue weighted by Gasteiger charge is 2.71. The standard InChI is InChI=1S/C48H71ClN2O6/c1-30(2)40-34(52)26-48(37(53)29-51(25-24-50(10)11)28-31-12-14-32(49)15-13-31)23-22-46(8)33(41(40)48)16-17-36-45(7)20-19-38(57-39(54)27-43(3,4)42(55)56)44(5,6)35(45)18-21-47(36,46)9/h12-15,30,33,35-36,38H,16-29H2,1-11H3,(H,55,56)/t33-,35+,36-,38+,45+,46-,47-,48+/m1/s1. The van der Waals surface area contributed by atoms with E-state index in [1.165, 1.54) is 5.57 Å². The summed E-state index contributed by atoms with van der Waals surface area (Å²) < 4.78 is 6.19. The molecule has 57 heavy (non-hydrogen) atoms. The van der Waals surface area contributed by atoms with E-state index in [1.807, 2.05) is 24.3 Å². The van der Waals surface area contributed by atoms with Gasteiger partial charge in [0.2, 0.25) is 0 Å². The smallest absolute Gasteiger partial charge is 0.309 e. The van der Waals surface area contributed by atoms with Gasteiger partial charge < -0.3 is 14.7 Å². The van der Waals surface area contributed by atoms with Crippen molar-refractivity contribution in [2.24, 2.45) is 56.2 Å². The van der Waals surface area contributed by atoms with Gasteiger partial charge in [-0.3, -0.25) is 24.1 Å². The molecule has 4 fully saturated rings. The topological polar surface area (TPSA) is 104 Å². The second-order valence-corrected chi connectivity index (χ2v) is 22.0. The number of carbonyl (C=O) groups is 4. The van der Waals surface area contributed by atoms with E-state index in [-0.39, 0.29) is 57.6 Å². The van der Waals surface area contributed by atoms with Crippen molar-refractivity contribution < 1.29 is 29.0 Å². The van der Waals surface area contributed by atoms with Crippen LogP contribution in [-0.2, 0) is 30.5 Å². The Labute approximate surface area is 347 Å². The van der Waals surface area contributed by atoms with Crippen LogP contribution in [0.4, 0.5) is 0 Å². The van der Waals surface area contributed by atoms with Crippen LogP contribution < -0.4 is 0 Å². The van der Waals surface area contributed by atoms with E-state index in [4.69, 9.17) is 16.3 Å². The van der Waals surface area contributed by atoms with Gasteiger partial charge in [0.05, 0.1) is 23.8 Å². The molecule has 4 saturated carbocycles. The van der Waals surface area contributed by atoms with Gasteiger partial charge in [-0.15, -0.1) is 0 Å². The number of nitrogens with zero attached hydrogens (tertiary/aromatic N) is 2. The number of ketones is 2. The molecule has 0 amide bonds. The lowest BCUT2D eigenvalue weighted by Crippen LogP contribution is -2.66. The molecule has 0 bridgehead atoms. The predicted molar refractivity (Wildman–Crippen MR) is 226 cm³/mol. The van der Waals surface area contributed by atoms with E-state index in [0.717, 1.165) is 75.6 Å². The van der Waals surface area contributed by atoms with E-state index in [2.05, 4.69) is 72.4 Å². The highest BCUT2D eigenvalue weighted by Crippen LogP contribution is 2.77. The lowest BCUT2D eigenvalue weighted by molar-refractivity contribution is -0.233. The zero-order chi connectivity index (χ0) is 42.1. The molecule has 6 rings (SSSR count). The van der Waals surface area contributed by atoms with Gasteiger partial charge in [-0.2, -0.15) is 0 Å². The number of carboxylic acids is 1. The van der Waals surface area contributed by atoms with Gasteiger partial charge in [0.1, 0.15) is 6.10 Å². The first-order valence-electron chi connectivity index (χ1n) is 21.8. The monoisotopic (exact) mass is 807 g/mol. The number of aliphatic carboxylic acids is 1. The van der Waals surface area contributed by atoms with Crippen molar-refractivity contribution in [1.82, 2.24) is 9.80 Å². The van der Waals surface area contributed by atoms with Gasteiger partial charge in [-0.25, -0.2) is 0 Å². The van der Waals surface area contributed by atoms with Gasteiger partial charge in [0, 0.05) is 36.5 Å². The van der Waals surface area contributed by atoms with Crippen LogP contribution in [0.5, 0.6) is 0 Å². The number of Topliss-reactive ketones (excluding diaryl/α,β-unsaturated/α-hetero) is 2. The Hall–Kier alpha value is -2.55. The van der Waals surface area contributed by atoms with Crippen LogP contribution in [0.2, 0.25) is 5.02 Å². The number of allylic oxidation sites excluding steroid dienone is 2. The summed E-state index contributed by atoms with van der Waals surface area (Å²) in [7, 11) is 4.12. The lowest BCUT2D eigenvalue weighted by Gasteiger charge is -2.72. The summed E-state index contributed by atoms with van der Waals surface area (Å²) in [5, 5.41) is 10.3. The molecule has 0 radical (unpaired) electrons. The zero-order valence-corrected chi connectivity index (χ0v) is 37.6. The molecule has 8 atom stereocenters. The summed E-state index contributed by atoms with van der Waals surface area (Å²) in [5.41, 5.74) is 1.04. The Morgan fingerprint density at radius 3 is 2.18 bits per heavy atom. The van der Waals surface area contributed by atoms with Crippen LogP contribution in [0, 0.1) is 56.2 Å². The zero-order valence-electron chi connectivity index (χ0n) is 36.9. The summed E-state index contributed by atoms with van der Waals surface area (Å²) >= 11 is 6.23. The maximum atomic E-state index is 15.2. The third-order valence-electron chi connectivity index (χ3n) is 16.9. The number of carboxylic acid groups (broad SMARTS) is 1. The summed E-state index contributed by atoms with van der Waals surface area (Å²) in [5.74, 6) is 0.000319. The molecule has 1 aromatic rings.